The maximum absolute atomic E-state index is 12.3. The van der Waals surface area contributed by atoms with Crippen molar-refractivity contribution in [3.8, 4) is 22.9 Å². The molecule has 0 aliphatic rings. The molecule has 2 N–H and O–H groups in total. The molecule has 2 aromatic carbocycles. The molecular formula is C15H12N2O3. The third kappa shape index (κ3) is 1.89. The molecule has 0 radical (unpaired) electrons. The van der Waals surface area contributed by atoms with Gasteiger partial charge in [0.2, 0.25) is 0 Å². The van der Waals surface area contributed by atoms with E-state index in [2.05, 4.69) is 4.98 Å². The Balaban J connectivity index is 2.33. The number of nitrogens with zero attached hydrogens (tertiary/aromatic N) is 2. The SMILES string of the molecule is Cn1c(-c2ccc(O)cc2)nc2cc(O)ccc2c1=O. The van der Waals surface area contributed by atoms with E-state index in [9.17, 15) is 15.0 Å². The second-order valence-corrected chi connectivity index (χ2v) is 4.55. The van der Waals surface area contributed by atoms with Crippen LogP contribution in [0.3, 0.4) is 0 Å². The molecule has 0 saturated carbocycles. The number of aromatic hydroxyl groups is 2. The largest absolute Gasteiger partial charge is 0.508 e. The minimum atomic E-state index is -0.182. The lowest BCUT2D eigenvalue weighted by Crippen LogP contribution is -2.20. The molecule has 0 fully saturated rings. The summed E-state index contributed by atoms with van der Waals surface area (Å²) in [7, 11) is 1.64. The van der Waals surface area contributed by atoms with Crippen LogP contribution < -0.4 is 5.56 Å². The van der Waals surface area contributed by atoms with E-state index < -0.39 is 0 Å². The topological polar surface area (TPSA) is 75.3 Å². The van der Waals surface area contributed by atoms with E-state index in [4.69, 9.17) is 0 Å². The molecule has 5 nitrogen and oxygen atoms in total. The average Bonchev–Trinajstić information content (AvgIpc) is 2.44. The van der Waals surface area contributed by atoms with Gasteiger partial charge in [0.15, 0.2) is 0 Å². The van der Waals surface area contributed by atoms with Crippen LogP contribution >= 0.6 is 0 Å². The molecule has 100 valence electrons. The lowest BCUT2D eigenvalue weighted by atomic mass is 10.1. The van der Waals surface area contributed by atoms with Gasteiger partial charge in [-0.3, -0.25) is 9.36 Å². The van der Waals surface area contributed by atoms with Crippen molar-refractivity contribution < 1.29 is 10.2 Å². The lowest BCUT2D eigenvalue weighted by molar-refractivity contribution is 0.475. The molecule has 0 unspecified atom stereocenters. The summed E-state index contributed by atoms with van der Waals surface area (Å²) in [5, 5.41) is 19.3. The first-order valence-corrected chi connectivity index (χ1v) is 6.05. The van der Waals surface area contributed by atoms with E-state index in [-0.39, 0.29) is 17.1 Å². The Bertz CT molecular complexity index is 851. The first-order chi connectivity index (χ1) is 9.56. The number of phenols is 2. The summed E-state index contributed by atoms with van der Waals surface area (Å²) in [5.41, 5.74) is 0.974. The van der Waals surface area contributed by atoms with Crippen LogP contribution in [0.15, 0.2) is 47.3 Å². The molecule has 0 spiro atoms. The van der Waals surface area contributed by atoms with Gasteiger partial charge >= 0.3 is 0 Å². The molecule has 3 rings (SSSR count). The van der Waals surface area contributed by atoms with Gasteiger partial charge in [0.25, 0.3) is 5.56 Å². The first-order valence-electron chi connectivity index (χ1n) is 6.05. The highest BCUT2D eigenvalue weighted by atomic mass is 16.3. The average molecular weight is 268 g/mol. The zero-order valence-electron chi connectivity index (χ0n) is 10.7. The van der Waals surface area contributed by atoms with Gasteiger partial charge in [-0.05, 0) is 36.4 Å². The van der Waals surface area contributed by atoms with Crippen LogP contribution in [0.25, 0.3) is 22.3 Å². The number of benzene rings is 2. The summed E-state index contributed by atoms with van der Waals surface area (Å²) in [6.45, 7) is 0. The molecule has 0 amide bonds. The number of aromatic nitrogens is 2. The van der Waals surface area contributed by atoms with Crippen molar-refractivity contribution in [3.63, 3.8) is 0 Å². The van der Waals surface area contributed by atoms with Gasteiger partial charge in [0.1, 0.15) is 17.3 Å². The minimum Gasteiger partial charge on any atom is -0.508 e. The number of hydrogen-bond acceptors (Lipinski definition) is 4. The zero-order valence-corrected chi connectivity index (χ0v) is 10.7. The van der Waals surface area contributed by atoms with Gasteiger partial charge in [-0.2, -0.15) is 0 Å². The Kier molecular flexibility index (Phi) is 2.68. The van der Waals surface area contributed by atoms with E-state index in [1.807, 2.05) is 0 Å². The Morgan fingerprint density at radius 2 is 1.65 bits per heavy atom. The number of phenolic OH excluding ortho intramolecular Hbond substituents is 2. The van der Waals surface area contributed by atoms with Gasteiger partial charge in [-0.1, -0.05) is 0 Å². The standard InChI is InChI=1S/C15H12N2O3/c1-17-14(9-2-4-10(18)5-3-9)16-13-8-11(19)6-7-12(13)15(17)20/h2-8,18-19H,1H3. The Morgan fingerprint density at radius 1 is 1.00 bits per heavy atom. The highest BCUT2D eigenvalue weighted by Gasteiger charge is 2.10. The molecule has 1 aromatic heterocycles. The van der Waals surface area contributed by atoms with Gasteiger partial charge in [0, 0.05) is 18.7 Å². The molecule has 1 heterocycles. The summed E-state index contributed by atoms with van der Waals surface area (Å²) in [6.07, 6.45) is 0. The van der Waals surface area contributed by atoms with Crippen LogP contribution in [-0.2, 0) is 7.05 Å². The fraction of sp³-hybridized carbons (Fsp3) is 0.0667. The highest BCUT2D eigenvalue weighted by molar-refractivity contribution is 5.81. The second-order valence-electron chi connectivity index (χ2n) is 4.55. The summed E-state index contributed by atoms with van der Waals surface area (Å²) in [6, 6.07) is 10.9. The molecule has 0 saturated heterocycles. The fourth-order valence-corrected chi connectivity index (χ4v) is 2.13. The van der Waals surface area contributed by atoms with Crippen molar-refractivity contribution in [3.05, 3.63) is 52.8 Å². The third-order valence-electron chi connectivity index (χ3n) is 3.19. The molecule has 0 atom stereocenters. The van der Waals surface area contributed by atoms with Gasteiger partial charge in [0.05, 0.1) is 10.9 Å². The van der Waals surface area contributed by atoms with E-state index in [0.717, 1.165) is 0 Å². The maximum atomic E-state index is 12.3. The maximum Gasteiger partial charge on any atom is 0.261 e. The molecule has 20 heavy (non-hydrogen) atoms. The minimum absolute atomic E-state index is 0.0647. The van der Waals surface area contributed by atoms with E-state index in [1.54, 1.807) is 25.2 Å². The van der Waals surface area contributed by atoms with Gasteiger partial charge in [-0.15, -0.1) is 0 Å². The van der Waals surface area contributed by atoms with Crippen molar-refractivity contribution >= 4 is 10.9 Å². The summed E-state index contributed by atoms with van der Waals surface area (Å²) >= 11 is 0. The van der Waals surface area contributed by atoms with Crippen molar-refractivity contribution in [2.45, 2.75) is 0 Å². The molecular weight excluding hydrogens is 256 g/mol. The monoisotopic (exact) mass is 268 g/mol. The van der Waals surface area contributed by atoms with Gasteiger partial charge in [-0.25, -0.2) is 4.98 Å². The summed E-state index contributed by atoms with van der Waals surface area (Å²) < 4.78 is 1.45. The van der Waals surface area contributed by atoms with Crippen molar-refractivity contribution in [1.29, 1.82) is 0 Å². The number of fused-ring (bicyclic) bond motifs is 1. The highest BCUT2D eigenvalue weighted by Crippen LogP contribution is 2.22. The molecule has 5 heteroatoms. The molecule has 3 aromatic rings. The Hall–Kier alpha value is -2.82. The third-order valence-corrected chi connectivity index (χ3v) is 3.19. The number of rotatable bonds is 1. The van der Waals surface area contributed by atoms with E-state index in [1.165, 1.54) is 28.8 Å². The van der Waals surface area contributed by atoms with Crippen LogP contribution in [0.5, 0.6) is 11.5 Å². The summed E-state index contributed by atoms with van der Waals surface area (Å²) in [4.78, 5) is 16.7. The second kappa shape index (κ2) is 4.38. The Labute approximate surface area is 114 Å². The van der Waals surface area contributed by atoms with Crippen molar-refractivity contribution in [1.82, 2.24) is 9.55 Å². The van der Waals surface area contributed by atoms with Crippen LogP contribution in [0.2, 0.25) is 0 Å². The predicted molar refractivity (Wildman–Crippen MR) is 75.7 cm³/mol. The predicted octanol–water partition coefficient (Wildman–Crippen LogP) is 2.01. The van der Waals surface area contributed by atoms with Crippen molar-refractivity contribution in [2.75, 3.05) is 0 Å². The lowest BCUT2D eigenvalue weighted by Gasteiger charge is -2.09. The van der Waals surface area contributed by atoms with Crippen LogP contribution in [0.4, 0.5) is 0 Å². The smallest absolute Gasteiger partial charge is 0.261 e. The first kappa shape index (κ1) is 12.2. The molecule has 0 bridgehead atoms. The Morgan fingerprint density at radius 3 is 2.35 bits per heavy atom. The molecule has 0 aliphatic heterocycles. The summed E-state index contributed by atoms with van der Waals surface area (Å²) in [5.74, 6) is 0.695. The van der Waals surface area contributed by atoms with Crippen molar-refractivity contribution in [2.24, 2.45) is 7.05 Å². The van der Waals surface area contributed by atoms with Crippen LogP contribution in [0, 0.1) is 0 Å². The molecule has 0 aliphatic carbocycles. The number of hydrogen-bond donors (Lipinski definition) is 2. The normalized spacial score (nSPS) is 10.8. The van der Waals surface area contributed by atoms with E-state index in [0.29, 0.717) is 22.3 Å². The zero-order chi connectivity index (χ0) is 14.3. The van der Waals surface area contributed by atoms with Crippen LogP contribution in [0.1, 0.15) is 0 Å². The quantitative estimate of drug-likeness (QED) is 0.708. The fourth-order valence-electron chi connectivity index (χ4n) is 2.13. The van der Waals surface area contributed by atoms with E-state index >= 15 is 0 Å². The van der Waals surface area contributed by atoms with Crippen LogP contribution in [-0.4, -0.2) is 19.8 Å². The van der Waals surface area contributed by atoms with Gasteiger partial charge < -0.3 is 10.2 Å².